The lowest BCUT2D eigenvalue weighted by Crippen LogP contribution is -2.39. The molecule has 0 aliphatic heterocycles. The highest BCUT2D eigenvalue weighted by Gasteiger charge is 2.37. The number of anilines is 1. The molecule has 0 amide bonds. The number of nitrogens with one attached hydrogen (secondary N) is 2. The van der Waals surface area contributed by atoms with Crippen LogP contribution < -0.4 is 15.6 Å². The molecule has 0 spiro atoms. The van der Waals surface area contributed by atoms with Crippen molar-refractivity contribution in [3.05, 3.63) is 118 Å². The second-order valence-electron chi connectivity index (χ2n) is 12.1. The minimum Gasteiger partial charge on any atom is -0.497 e. The first-order valence-electron chi connectivity index (χ1n) is 16.1. The highest BCUT2D eigenvalue weighted by atomic mass is 16.6. The Balaban J connectivity index is 1.52. The molecule has 2 aromatic heterocycles. The van der Waals surface area contributed by atoms with Crippen LogP contribution in [-0.4, -0.2) is 57.9 Å². The number of hydrogen-bond donors (Lipinski definition) is 2. The van der Waals surface area contributed by atoms with E-state index in [1.807, 2.05) is 84.9 Å². The van der Waals surface area contributed by atoms with E-state index in [-0.39, 0.29) is 48.9 Å². The van der Waals surface area contributed by atoms with Crippen LogP contribution in [0.1, 0.15) is 44.4 Å². The summed E-state index contributed by atoms with van der Waals surface area (Å²) in [5.74, 6) is -0.593. The number of methoxy groups -OCH3 is 1. The molecule has 0 aliphatic carbocycles. The largest absolute Gasteiger partial charge is 0.497 e. The molecule has 49 heavy (non-hydrogen) atoms. The van der Waals surface area contributed by atoms with E-state index < -0.39 is 29.1 Å². The van der Waals surface area contributed by atoms with E-state index in [0.717, 1.165) is 16.7 Å². The van der Waals surface area contributed by atoms with Crippen molar-refractivity contribution in [3.63, 3.8) is 0 Å². The topological polar surface area (TPSA) is 147 Å². The average Bonchev–Trinajstić information content (AvgIpc) is 3.54. The Morgan fingerprint density at radius 3 is 1.86 bits per heavy atom. The third kappa shape index (κ3) is 7.98. The summed E-state index contributed by atoms with van der Waals surface area (Å²) in [7, 11) is 1.62. The molecule has 0 aliphatic rings. The van der Waals surface area contributed by atoms with Crippen LogP contribution >= 0.6 is 0 Å². The summed E-state index contributed by atoms with van der Waals surface area (Å²) in [4.78, 5) is 49.7. The first kappa shape index (κ1) is 34.8. The fourth-order valence-electron chi connectivity index (χ4n) is 5.23. The molecule has 2 N–H and O–H groups in total. The quantitative estimate of drug-likeness (QED) is 0.112. The first-order valence-corrected chi connectivity index (χ1v) is 16.1. The number of aromatic amines is 1. The molecule has 0 saturated carbocycles. The van der Waals surface area contributed by atoms with E-state index in [1.54, 1.807) is 39.4 Å². The summed E-state index contributed by atoms with van der Waals surface area (Å²) >= 11 is 0. The van der Waals surface area contributed by atoms with Gasteiger partial charge in [-0.1, -0.05) is 100 Å². The summed E-state index contributed by atoms with van der Waals surface area (Å²) < 4.78 is 23.8. The minimum atomic E-state index is -0.995. The number of carbonyl (C=O) groups excluding carboxylic acids is 2. The molecule has 0 fully saturated rings. The molecule has 5 aromatic rings. The number of carbonyl (C=O) groups is 2. The predicted molar refractivity (Wildman–Crippen MR) is 184 cm³/mol. The summed E-state index contributed by atoms with van der Waals surface area (Å²) in [5.41, 5.74) is 1.60. The Morgan fingerprint density at radius 1 is 0.816 bits per heavy atom. The van der Waals surface area contributed by atoms with Crippen molar-refractivity contribution in [1.29, 1.82) is 0 Å². The SMILES string of the molecule is COc1ccc(C(Nc2nc3c(ncn3COC(COC(=O)C(C)C)COC(=O)C(C)C)c(=O)[nH]2)(c2ccccc2)c2ccccc2)cc1. The first-order chi connectivity index (χ1) is 23.6. The fraction of sp³-hybridized carbons (Fsp3) is 0.324. The second kappa shape index (κ2) is 15.6. The van der Waals surface area contributed by atoms with E-state index in [9.17, 15) is 14.4 Å². The highest BCUT2D eigenvalue weighted by Crippen LogP contribution is 2.40. The number of rotatable bonds is 15. The van der Waals surface area contributed by atoms with Crippen LogP contribution in [0.15, 0.2) is 96.1 Å². The van der Waals surface area contributed by atoms with Crippen molar-refractivity contribution in [2.45, 2.75) is 46.1 Å². The Kier molecular flexibility index (Phi) is 11.1. The maximum atomic E-state index is 13.4. The highest BCUT2D eigenvalue weighted by molar-refractivity contribution is 5.72. The second-order valence-corrected chi connectivity index (χ2v) is 12.1. The molecule has 5 rings (SSSR count). The number of nitrogens with zero attached hydrogens (tertiary/aromatic N) is 3. The number of fused-ring (bicyclic) bond motifs is 1. The van der Waals surface area contributed by atoms with Gasteiger partial charge in [-0.05, 0) is 28.8 Å². The molecule has 0 bridgehead atoms. The number of hydrogen-bond acceptors (Lipinski definition) is 10. The van der Waals surface area contributed by atoms with Crippen molar-refractivity contribution in [2.75, 3.05) is 25.6 Å². The third-order valence-corrected chi connectivity index (χ3v) is 7.93. The summed E-state index contributed by atoms with van der Waals surface area (Å²) in [6.45, 7) is 6.52. The Bertz CT molecular complexity index is 1840. The van der Waals surface area contributed by atoms with Gasteiger partial charge in [-0.3, -0.25) is 23.9 Å². The van der Waals surface area contributed by atoms with Gasteiger partial charge in [0.1, 0.15) is 37.3 Å². The summed E-state index contributed by atoms with van der Waals surface area (Å²) in [5, 5.41) is 3.58. The van der Waals surface area contributed by atoms with Crippen molar-refractivity contribution in [1.82, 2.24) is 19.5 Å². The molecule has 0 saturated heterocycles. The standard InChI is InChI=1S/C37H41N5O7/c1-24(2)34(44)47-20-30(21-48-35(45)25(3)4)49-23-42-22-38-31-32(42)39-36(40-33(31)43)41-37(26-12-8-6-9-13-26,27-14-10-7-11-15-27)28-16-18-29(46-5)19-17-28/h6-19,22,24-25,30H,20-21,23H2,1-5H3,(H2,39,40,41,43). The Hall–Kier alpha value is -5.49. The van der Waals surface area contributed by atoms with Gasteiger partial charge in [-0.25, -0.2) is 4.98 Å². The molecule has 0 unspecified atom stereocenters. The van der Waals surface area contributed by atoms with Crippen LogP contribution in [0.4, 0.5) is 5.95 Å². The van der Waals surface area contributed by atoms with Gasteiger partial charge in [0.15, 0.2) is 11.2 Å². The smallest absolute Gasteiger partial charge is 0.308 e. The van der Waals surface area contributed by atoms with Gasteiger partial charge in [-0.2, -0.15) is 4.98 Å². The zero-order valence-electron chi connectivity index (χ0n) is 28.2. The number of aromatic nitrogens is 4. The zero-order valence-corrected chi connectivity index (χ0v) is 28.2. The molecule has 12 nitrogen and oxygen atoms in total. The van der Waals surface area contributed by atoms with E-state index >= 15 is 0 Å². The Morgan fingerprint density at radius 2 is 1.35 bits per heavy atom. The number of esters is 2. The van der Waals surface area contributed by atoms with Gasteiger partial charge < -0.3 is 24.3 Å². The third-order valence-electron chi connectivity index (χ3n) is 7.93. The molecule has 3 aromatic carbocycles. The molecule has 256 valence electrons. The maximum absolute atomic E-state index is 13.4. The van der Waals surface area contributed by atoms with Crippen molar-refractivity contribution in [2.24, 2.45) is 11.8 Å². The van der Waals surface area contributed by atoms with Crippen molar-refractivity contribution >= 4 is 29.1 Å². The van der Waals surface area contributed by atoms with E-state index in [1.165, 1.54) is 6.33 Å². The molecular formula is C37H41N5O7. The van der Waals surface area contributed by atoms with Gasteiger partial charge in [0.05, 0.1) is 25.3 Å². The monoisotopic (exact) mass is 667 g/mol. The van der Waals surface area contributed by atoms with Crippen molar-refractivity contribution < 1.29 is 28.5 Å². The molecule has 12 heteroatoms. The number of imidazole rings is 1. The zero-order chi connectivity index (χ0) is 35.0. The lowest BCUT2D eigenvalue weighted by Gasteiger charge is -2.37. The van der Waals surface area contributed by atoms with Crippen LogP contribution in [0.3, 0.4) is 0 Å². The predicted octanol–water partition coefficient (Wildman–Crippen LogP) is 5.27. The van der Waals surface area contributed by atoms with Gasteiger partial charge >= 0.3 is 11.9 Å². The Labute approximate surface area is 284 Å². The van der Waals surface area contributed by atoms with Gasteiger partial charge in [0.25, 0.3) is 5.56 Å². The van der Waals surface area contributed by atoms with E-state index in [0.29, 0.717) is 5.75 Å². The maximum Gasteiger partial charge on any atom is 0.308 e. The summed E-state index contributed by atoms with van der Waals surface area (Å²) in [6.07, 6.45) is 0.667. The van der Waals surface area contributed by atoms with Gasteiger partial charge in [0, 0.05) is 0 Å². The molecule has 0 atom stereocenters. The molecule has 2 heterocycles. The van der Waals surface area contributed by atoms with Crippen LogP contribution in [0.5, 0.6) is 5.75 Å². The average molecular weight is 668 g/mol. The van der Waals surface area contributed by atoms with Crippen LogP contribution in [0, 0.1) is 11.8 Å². The van der Waals surface area contributed by atoms with Crippen LogP contribution in [-0.2, 0) is 36.1 Å². The summed E-state index contributed by atoms with van der Waals surface area (Å²) in [6, 6.07) is 27.5. The van der Waals surface area contributed by atoms with Crippen molar-refractivity contribution in [3.8, 4) is 5.75 Å². The van der Waals surface area contributed by atoms with Gasteiger partial charge in [0.2, 0.25) is 5.95 Å². The van der Waals surface area contributed by atoms with E-state index in [4.69, 9.17) is 23.9 Å². The number of benzene rings is 3. The normalized spacial score (nSPS) is 11.7. The number of H-pyrrole nitrogens is 1. The van der Waals surface area contributed by atoms with E-state index in [2.05, 4.69) is 15.3 Å². The van der Waals surface area contributed by atoms with Crippen LogP contribution in [0.25, 0.3) is 11.2 Å². The lowest BCUT2D eigenvalue weighted by molar-refractivity contribution is -0.161. The van der Waals surface area contributed by atoms with Crippen LogP contribution in [0.2, 0.25) is 0 Å². The molecule has 0 radical (unpaired) electrons. The lowest BCUT2D eigenvalue weighted by atomic mass is 9.77. The number of ether oxygens (including phenoxy) is 4. The van der Waals surface area contributed by atoms with Gasteiger partial charge in [-0.15, -0.1) is 0 Å². The molecular weight excluding hydrogens is 626 g/mol. The fourth-order valence-corrected chi connectivity index (χ4v) is 5.23. The minimum absolute atomic E-state index is 0.109.